The van der Waals surface area contributed by atoms with E-state index >= 15 is 0 Å². The van der Waals surface area contributed by atoms with Gasteiger partial charge in [0.1, 0.15) is 5.69 Å². The van der Waals surface area contributed by atoms with Crippen LogP contribution in [0, 0.1) is 0 Å². The molecule has 0 aliphatic heterocycles. The average molecular weight is 296 g/mol. The third kappa shape index (κ3) is 1.90. The van der Waals surface area contributed by atoms with Crippen LogP contribution in [0.4, 0.5) is 0 Å². The summed E-state index contributed by atoms with van der Waals surface area (Å²) in [6.07, 6.45) is 8.53. The molecule has 110 valence electrons. The molecule has 0 spiro atoms. The monoisotopic (exact) mass is 296 g/mol. The Morgan fingerprint density at radius 2 is 1.95 bits per heavy atom. The lowest BCUT2D eigenvalue weighted by Gasteiger charge is -2.04. The first-order valence-corrected chi connectivity index (χ1v) is 6.94. The van der Waals surface area contributed by atoms with Gasteiger partial charge < -0.3 is 10.2 Å². The molecular weight excluding hydrogens is 284 g/mol. The molecule has 0 saturated carbocycles. The fraction of sp³-hybridized carbons (Fsp3) is 0.200. The van der Waals surface area contributed by atoms with Gasteiger partial charge in [-0.15, -0.1) is 0 Å². The van der Waals surface area contributed by atoms with Gasteiger partial charge in [-0.25, -0.2) is 4.98 Å². The maximum absolute atomic E-state index is 11.2. The summed E-state index contributed by atoms with van der Waals surface area (Å²) < 4.78 is 1.49. The molecule has 0 aromatic carbocycles. The van der Waals surface area contributed by atoms with Crippen molar-refractivity contribution in [3.63, 3.8) is 0 Å². The number of rotatable bonds is 1. The number of aromatic nitrogens is 4. The number of hydrogen-bond donors (Lipinski definition) is 2. The molecular formula is C15H12N4O3. The van der Waals surface area contributed by atoms with Gasteiger partial charge in [0.25, 0.3) is 5.78 Å². The third-order valence-corrected chi connectivity index (χ3v) is 3.75. The lowest BCUT2D eigenvalue weighted by Crippen LogP contribution is -2.04. The number of aliphatic hydroxyl groups is 1. The average Bonchev–Trinajstić information content (AvgIpc) is 3.05. The van der Waals surface area contributed by atoms with Crippen molar-refractivity contribution in [3.8, 4) is 5.88 Å². The number of carbonyl (C=O) groups is 1. The van der Waals surface area contributed by atoms with Crippen LogP contribution in [0.1, 0.15) is 23.5 Å². The first kappa shape index (κ1) is 12.8. The van der Waals surface area contributed by atoms with Gasteiger partial charge in [-0.3, -0.25) is 4.79 Å². The van der Waals surface area contributed by atoms with E-state index in [0.29, 0.717) is 17.0 Å². The van der Waals surface area contributed by atoms with Gasteiger partial charge in [-0.05, 0) is 43.1 Å². The minimum absolute atomic E-state index is 0.186. The Morgan fingerprint density at radius 1 is 1.14 bits per heavy atom. The Labute approximate surface area is 124 Å². The van der Waals surface area contributed by atoms with Crippen molar-refractivity contribution in [2.45, 2.75) is 19.3 Å². The minimum atomic E-state index is -0.447. The maximum atomic E-state index is 11.2. The van der Waals surface area contributed by atoms with Crippen LogP contribution in [-0.2, 0) is 17.6 Å². The smallest absolute Gasteiger partial charge is 0.254 e. The molecule has 7 nitrogen and oxygen atoms in total. The molecule has 2 aromatic heterocycles. The van der Waals surface area contributed by atoms with Crippen molar-refractivity contribution in [1.82, 2.24) is 19.6 Å². The fourth-order valence-electron chi connectivity index (χ4n) is 2.66. The number of aromatic hydroxyl groups is 1. The Balaban J connectivity index is 1.87. The second-order valence-corrected chi connectivity index (χ2v) is 5.26. The summed E-state index contributed by atoms with van der Waals surface area (Å²) in [4.78, 5) is 19.7. The maximum Gasteiger partial charge on any atom is 0.254 e. The van der Waals surface area contributed by atoms with Crippen molar-refractivity contribution in [3.05, 3.63) is 46.6 Å². The van der Waals surface area contributed by atoms with Crippen molar-refractivity contribution in [2.24, 2.45) is 0 Å². The first-order chi connectivity index (χ1) is 10.6. The lowest BCUT2D eigenvalue weighted by molar-refractivity contribution is -0.113. The molecule has 0 saturated heterocycles. The molecule has 0 bridgehead atoms. The van der Waals surface area contributed by atoms with Crippen molar-refractivity contribution >= 4 is 17.6 Å². The number of fused-ring (bicyclic) bond motifs is 2. The number of aliphatic hydroxyl groups excluding tert-OH is 1. The van der Waals surface area contributed by atoms with Crippen LogP contribution in [-0.4, -0.2) is 35.6 Å². The number of aryl methyl sites for hydroxylation is 2. The van der Waals surface area contributed by atoms with Gasteiger partial charge >= 0.3 is 0 Å². The van der Waals surface area contributed by atoms with Crippen LogP contribution < -0.4 is 0 Å². The van der Waals surface area contributed by atoms with Crippen LogP contribution in [0.25, 0.3) is 11.9 Å². The SMILES string of the molecule is O=C1C=C/C(=C\c2c(O)nc3nc4c(nn23)CCC4)C=C1O. The number of allylic oxidation sites excluding steroid dienone is 4. The summed E-state index contributed by atoms with van der Waals surface area (Å²) in [6.45, 7) is 0. The number of carbonyl (C=O) groups excluding carboxylic acids is 1. The molecule has 0 amide bonds. The van der Waals surface area contributed by atoms with Crippen molar-refractivity contribution in [2.75, 3.05) is 0 Å². The summed E-state index contributed by atoms with van der Waals surface area (Å²) in [5.74, 6) is -0.630. The molecule has 2 aromatic rings. The molecule has 4 rings (SSSR count). The van der Waals surface area contributed by atoms with E-state index in [1.807, 2.05) is 0 Å². The van der Waals surface area contributed by atoms with Crippen molar-refractivity contribution in [1.29, 1.82) is 0 Å². The van der Waals surface area contributed by atoms with E-state index in [2.05, 4.69) is 15.1 Å². The summed E-state index contributed by atoms with van der Waals surface area (Å²) in [6, 6.07) is 0. The Morgan fingerprint density at radius 3 is 2.77 bits per heavy atom. The van der Waals surface area contributed by atoms with E-state index < -0.39 is 5.78 Å². The van der Waals surface area contributed by atoms with Gasteiger partial charge in [0.15, 0.2) is 5.76 Å². The van der Waals surface area contributed by atoms with E-state index in [4.69, 9.17) is 0 Å². The molecule has 7 heteroatoms. The predicted molar refractivity (Wildman–Crippen MR) is 77.3 cm³/mol. The Kier molecular flexibility index (Phi) is 2.62. The third-order valence-electron chi connectivity index (χ3n) is 3.75. The normalized spacial score (nSPS) is 19.0. The zero-order valence-electron chi connectivity index (χ0n) is 11.5. The fourth-order valence-corrected chi connectivity index (χ4v) is 2.66. The molecule has 2 heterocycles. The molecule has 0 radical (unpaired) electrons. The molecule has 0 fully saturated rings. The largest absolute Gasteiger partial charge is 0.504 e. The summed E-state index contributed by atoms with van der Waals surface area (Å²) in [5.41, 5.74) is 2.78. The van der Waals surface area contributed by atoms with Crippen LogP contribution in [0.5, 0.6) is 5.88 Å². The second kappa shape index (κ2) is 4.52. The molecule has 2 aliphatic carbocycles. The highest BCUT2D eigenvalue weighted by Gasteiger charge is 2.20. The molecule has 0 unspecified atom stereocenters. The molecule has 22 heavy (non-hydrogen) atoms. The highest BCUT2D eigenvalue weighted by molar-refractivity contribution is 6.04. The van der Waals surface area contributed by atoms with Gasteiger partial charge in [-0.2, -0.15) is 14.6 Å². The zero-order chi connectivity index (χ0) is 15.3. The van der Waals surface area contributed by atoms with Gasteiger partial charge in [0.05, 0.1) is 11.4 Å². The Bertz CT molecular complexity index is 905. The topological polar surface area (TPSA) is 101 Å². The first-order valence-electron chi connectivity index (χ1n) is 6.94. The lowest BCUT2D eigenvalue weighted by atomic mass is 10.1. The van der Waals surface area contributed by atoms with E-state index in [1.165, 1.54) is 16.7 Å². The minimum Gasteiger partial charge on any atom is -0.504 e. The van der Waals surface area contributed by atoms with Crippen LogP contribution in [0.2, 0.25) is 0 Å². The van der Waals surface area contributed by atoms with Crippen LogP contribution in [0.15, 0.2) is 29.6 Å². The van der Waals surface area contributed by atoms with Crippen molar-refractivity contribution < 1.29 is 15.0 Å². The summed E-state index contributed by atoms with van der Waals surface area (Å²) in [7, 11) is 0. The standard InChI is InChI=1S/C15H12N4O3/c20-12-5-4-8(7-13(12)21)6-11-14(22)17-15-16-9-2-1-3-10(9)18-19(11)15/h4-7,21-22H,1-3H2/b8-6+. The number of nitrogens with zero attached hydrogens (tertiary/aromatic N) is 4. The second-order valence-electron chi connectivity index (χ2n) is 5.26. The molecule has 2 N–H and O–H groups in total. The number of imidazole rings is 1. The summed E-state index contributed by atoms with van der Waals surface area (Å²) in [5, 5.41) is 24.0. The van der Waals surface area contributed by atoms with Gasteiger partial charge in [0.2, 0.25) is 11.7 Å². The van der Waals surface area contributed by atoms with E-state index in [0.717, 1.165) is 30.7 Å². The predicted octanol–water partition coefficient (Wildman–Crippen LogP) is 1.28. The quantitative estimate of drug-likeness (QED) is 0.822. The number of hydrogen-bond acceptors (Lipinski definition) is 6. The van der Waals surface area contributed by atoms with Gasteiger partial charge in [-0.1, -0.05) is 6.08 Å². The summed E-state index contributed by atoms with van der Waals surface area (Å²) >= 11 is 0. The van der Waals surface area contributed by atoms with E-state index in [-0.39, 0.29) is 11.6 Å². The van der Waals surface area contributed by atoms with E-state index in [1.54, 1.807) is 12.2 Å². The Hall–Kier alpha value is -2.96. The van der Waals surface area contributed by atoms with Crippen LogP contribution >= 0.6 is 0 Å². The highest BCUT2D eigenvalue weighted by Crippen LogP contribution is 2.25. The number of ketones is 1. The molecule has 0 atom stereocenters. The van der Waals surface area contributed by atoms with Crippen LogP contribution in [0.3, 0.4) is 0 Å². The van der Waals surface area contributed by atoms with E-state index in [9.17, 15) is 15.0 Å². The molecule has 2 aliphatic rings. The zero-order valence-corrected chi connectivity index (χ0v) is 11.5. The van der Waals surface area contributed by atoms with Gasteiger partial charge in [0, 0.05) is 0 Å². The highest BCUT2D eigenvalue weighted by atomic mass is 16.3.